The highest BCUT2D eigenvalue weighted by atomic mass is 16.3. The highest BCUT2D eigenvalue weighted by molar-refractivity contribution is 5.24. The fourth-order valence-corrected chi connectivity index (χ4v) is 1.42. The first-order valence-corrected chi connectivity index (χ1v) is 5.06. The molecule has 1 unspecified atom stereocenters. The Hall–Kier alpha value is -0.860. The Morgan fingerprint density at radius 3 is 2.21 bits per heavy atom. The number of aliphatic hydroxyl groups is 1. The van der Waals surface area contributed by atoms with Crippen molar-refractivity contribution in [3.8, 4) is 0 Å². The molecule has 0 saturated carbocycles. The van der Waals surface area contributed by atoms with Gasteiger partial charge in [0, 0.05) is 6.54 Å². The molecule has 0 saturated heterocycles. The van der Waals surface area contributed by atoms with Crippen LogP contribution in [0.4, 0.5) is 0 Å². The van der Waals surface area contributed by atoms with E-state index in [-0.39, 0.29) is 12.0 Å². The second kappa shape index (κ2) is 5.13. The first-order valence-electron chi connectivity index (χ1n) is 5.06. The Morgan fingerprint density at radius 1 is 1.21 bits per heavy atom. The third-order valence-corrected chi connectivity index (χ3v) is 2.33. The normalized spacial score (nSPS) is 13.2. The largest absolute Gasteiger partial charge is 0.388 e. The van der Waals surface area contributed by atoms with E-state index in [9.17, 15) is 5.11 Å². The van der Waals surface area contributed by atoms with Crippen LogP contribution < -0.4 is 5.32 Å². The summed E-state index contributed by atoms with van der Waals surface area (Å²) in [5.41, 5.74) is 2.24. The van der Waals surface area contributed by atoms with Crippen LogP contribution in [0.1, 0.15) is 31.1 Å². The highest BCUT2D eigenvalue weighted by Crippen LogP contribution is 2.21. The van der Waals surface area contributed by atoms with Crippen molar-refractivity contribution < 1.29 is 5.11 Å². The predicted molar refractivity (Wildman–Crippen MR) is 59.0 cm³/mol. The first-order chi connectivity index (χ1) is 6.65. The van der Waals surface area contributed by atoms with Crippen molar-refractivity contribution >= 4 is 0 Å². The highest BCUT2D eigenvalue weighted by Gasteiger charge is 2.10. The van der Waals surface area contributed by atoms with Crippen molar-refractivity contribution in [2.24, 2.45) is 5.92 Å². The summed E-state index contributed by atoms with van der Waals surface area (Å²) in [4.78, 5) is 0. The molecule has 1 atom stereocenters. The molecule has 1 aromatic carbocycles. The van der Waals surface area contributed by atoms with Gasteiger partial charge in [0.15, 0.2) is 0 Å². The molecule has 0 aromatic heterocycles. The lowest BCUT2D eigenvalue weighted by Gasteiger charge is -2.15. The molecule has 14 heavy (non-hydrogen) atoms. The van der Waals surface area contributed by atoms with Gasteiger partial charge in [-0.2, -0.15) is 0 Å². The fourth-order valence-electron chi connectivity index (χ4n) is 1.42. The van der Waals surface area contributed by atoms with Crippen LogP contribution in [-0.4, -0.2) is 12.2 Å². The lowest BCUT2D eigenvalue weighted by atomic mass is 9.98. The number of hydrogen-bond donors (Lipinski definition) is 2. The molecule has 0 aliphatic heterocycles. The van der Waals surface area contributed by atoms with E-state index in [0.717, 1.165) is 12.1 Å². The van der Waals surface area contributed by atoms with Gasteiger partial charge in [0.25, 0.3) is 0 Å². The zero-order valence-corrected chi connectivity index (χ0v) is 9.12. The van der Waals surface area contributed by atoms with Gasteiger partial charge in [-0.1, -0.05) is 38.1 Å². The minimum Gasteiger partial charge on any atom is -0.388 e. The lowest BCUT2D eigenvalue weighted by Crippen LogP contribution is -2.07. The third kappa shape index (κ3) is 2.82. The van der Waals surface area contributed by atoms with E-state index in [1.54, 1.807) is 0 Å². The van der Waals surface area contributed by atoms with Crippen LogP contribution in [0.2, 0.25) is 0 Å². The lowest BCUT2D eigenvalue weighted by molar-refractivity contribution is 0.127. The molecule has 0 radical (unpaired) electrons. The maximum Gasteiger partial charge on any atom is 0.0812 e. The molecule has 0 heterocycles. The Bertz CT molecular complexity index is 266. The van der Waals surface area contributed by atoms with Crippen LogP contribution in [-0.2, 0) is 6.54 Å². The molecule has 2 nitrogen and oxygen atoms in total. The summed E-state index contributed by atoms with van der Waals surface area (Å²) in [6.07, 6.45) is -0.348. The summed E-state index contributed by atoms with van der Waals surface area (Å²) in [5.74, 6) is 0.269. The zero-order valence-electron chi connectivity index (χ0n) is 9.12. The second-order valence-electron chi connectivity index (χ2n) is 3.96. The van der Waals surface area contributed by atoms with Crippen molar-refractivity contribution in [3.05, 3.63) is 35.4 Å². The van der Waals surface area contributed by atoms with E-state index in [1.807, 2.05) is 33.0 Å². The topological polar surface area (TPSA) is 32.3 Å². The Morgan fingerprint density at radius 2 is 1.79 bits per heavy atom. The van der Waals surface area contributed by atoms with Crippen LogP contribution in [0, 0.1) is 5.92 Å². The van der Waals surface area contributed by atoms with Crippen LogP contribution in [0.25, 0.3) is 0 Å². The zero-order chi connectivity index (χ0) is 10.6. The van der Waals surface area contributed by atoms with Crippen molar-refractivity contribution in [1.82, 2.24) is 5.32 Å². The Labute approximate surface area is 86.0 Å². The van der Waals surface area contributed by atoms with Crippen molar-refractivity contribution in [2.75, 3.05) is 7.05 Å². The van der Waals surface area contributed by atoms with Crippen LogP contribution in [0.3, 0.4) is 0 Å². The number of nitrogens with one attached hydrogen (secondary N) is 1. The molecule has 1 aromatic rings. The van der Waals surface area contributed by atoms with Gasteiger partial charge in [0.1, 0.15) is 0 Å². The standard InChI is InChI=1S/C12H19NO/c1-9(2)12(14)11-6-4-10(5-7-11)8-13-3/h4-7,9,12-14H,8H2,1-3H3. The minimum atomic E-state index is -0.348. The molecular weight excluding hydrogens is 174 g/mol. The minimum absolute atomic E-state index is 0.269. The molecule has 0 aliphatic rings. The van der Waals surface area contributed by atoms with Gasteiger partial charge in [-0.25, -0.2) is 0 Å². The second-order valence-corrected chi connectivity index (χ2v) is 3.96. The third-order valence-electron chi connectivity index (χ3n) is 2.33. The summed E-state index contributed by atoms with van der Waals surface area (Å²) in [5, 5.41) is 12.9. The molecule has 0 bridgehead atoms. The average molecular weight is 193 g/mol. The monoisotopic (exact) mass is 193 g/mol. The molecule has 0 fully saturated rings. The molecule has 0 aliphatic carbocycles. The predicted octanol–water partition coefficient (Wildman–Crippen LogP) is 2.10. The van der Waals surface area contributed by atoms with E-state index in [0.29, 0.717) is 0 Å². The van der Waals surface area contributed by atoms with Gasteiger partial charge in [-0.3, -0.25) is 0 Å². The van der Waals surface area contributed by atoms with Gasteiger partial charge in [-0.15, -0.1) is 0 Å². The van der Waals surface area contributed by atoms with Crippen molar-refractivity contribution in [1.29, 1.82) is 0 Å². The average Bonchev–Trinajstić information content (AvgIpc) is 2.18. The molecule has 0 amide bonds. The van der Waals surface area contributed by atoms with Crippen LogP contribution in [0.5, 0.6) is 0 Å². The Kier molecular flexibility index (Phi) is 4.11. The molecule has 2 N–H and O–H groups in total. The van der Waals surface area contributed by atoms with Gasteiger partial charge in [0.2, 0.25) is 0 Å². The van der Waals surface area contributed by atoms with Crippen molar-refractivity contribution in [3.63, 3.8) is 0 Å². The van der Waals surface area contributed by atoms with E-state index in [2.05, 4.69) is 17.4 Å². The van der Waals surface area contributed by atoms with Gasteiger partial charge >= 0.3 is 0 Å². The van der Waals surface area contributed by atoms with Gasteiger partial charge in [-0.05, 0) is 24.1 Å². The van der Waals surface area contributed by atoms with Crippen molar-refractivity contribution in [2.45, 2.75) is 26.5 Å². The smallest absolute Gasteiger partial charge is 0.0812 e. The fraction of sp³-hybridized carbons (Fsp3) is 0.500. The van der Waals surface area contributed by atoms with E-state index < -0.39 is 0 Å². The van der Waals surface area contributed by atoms with E-state index in [4.69, 9.17) is 0 Å². The summed E-state index contributed by atoms with van der Waals surface area (Å²) >= 11 is 0. The maximum absolute atomic E-state index is 9.80. The quantitative estimate of drug-likeness (QED) is 0.767. The molecule has 0 spiro atoms. The molecule has 2 heteroatoms. The van der Waals surface area contributed by atoms with E-state index >= 15 is 0 Å². The summed E-state index contributed by atoms with van der Waals surface area (Å²) in [6, 6.07) is 8.10. The maximum atomic E-state index is 9.80. The van der Waals surface area contributed by atoms with Crippen LogP contribution >= 0.6 is 0 Å². The molecular formula is C12H19NO. The SMILES string of the molecule is CNCc1ccc(C(O)C(C)C)cc1. The van der Waals surface area contributed by atoms with Gasteiger partial charge in [0.05, 0.1) is 6.10 Å². The number of benzene rings is 1. The van der Waals surface area contributed by atoms with E-state index in [1.165, 1.54) is 5.56 Å². The number of aliphatic hydroxyl groups excluding tert-OH is 1. The summed E-state index contributed by atoms with van der Waals surface area (Å²) < 4.78 is 0. The first kappa shape index (κ1) is 11.2. The van der Waals surface area contributed by atoms with Crippen LogP contribution in [0.15, 0.2) is 24.3 Å². The number of hydrogen-bond acceptors (Lipinski definition) is 2. The summed E-state index contributed by atoms with van der Waals surface area (Å²) in [7, 11) is 1.93. The molecule has 78 valence electrons. The number of rotatable bonds is 4. The van der Waals surface area contributed by atoms with Gasteiger partial charge < -0.3 is 10.4 Å². The summed E-state index contributed by atoms with van der Waals surface area (Å²) in [6.45, 7) is 4.91. The molecule has 1 rings (SSSR count). The Balaban J connectivity index is 2.72.